The summed E-state index contributed by atoms with van der Waals surface area (Å²) >= 11 is 11.2. The van der Waals surface area contributed by atoms with E-state index >= 15 is 0 Å². The molecule has 1 fully saturated rings. The number of aromatic hydroxyl groups is 1. The molecule has 0 unspecified atom stereocenters. The minimum Gasteiger partial charge on any atom is -0.503 e. The number of esters is 1. The maximum absolute atomic E-state index is 12.4. The van der Waals surface area contributed by atoms with Crippen LogP contribution in [0.15, 0.2) is 17.8 Å². The van der Waals surface area contributed by atoms with Gasteiger partial charge in [-0.25, -0.2) is 0 Å². The number of ether oxygens (including phenoxy) is 2. The average Bonchev–Trinajstić information content (AvgIpc) is 2.77. The molecule has 1 aromatic rings. The molecule has 25 heavy (non-hydrogen) atoms. The number of likely N-dealkylation sites (N-methyl/N-ethyl adjacent to an activating group) is 1. The van der Waals surface area contributed by atoms with Gasteiger partial charge in [-0.05, 0) is 42.9 Å². The van der Waals surface area contributed by atoms with Crippen LogP contribution in [0.25, 0.3) is 6.08 Å². The third-order valence-corrected chi connectivity index (χ3v) is 4.28. The largest absolute Gasteiger partial charge is 0.503 e. The minimum absolute atomic E-state index is 0.0821. The summed E-state index contributed by atoms with van der Waals surface area (Å²) in [6, 6.07) is 3.03. The van der Waals surface area contributed by atoms with E-state index in [1.54, 1.807) is 13.0 Å². The number of benzene rings is 1. The maximum Gasteiger partial charge on any atom is 0.325 e. The van der Waals surface area contributed by atoms with Crippen molar-refractivity contribution in [2.45, 2.75) is 6.92 Å². The van der Waals surface area contributed by atoms with Crippen molar-refractivity contribution in [2.75, 3.05) is 27.3 Å². The van der Waals surface area contributed by atoms with Gasteiger partial charge in [0.2, 0.25) is 0 Å². The molecule has 1 N–H and O–H groups in total. The van der Waals surface area contributed by atoms with Crippen LogP contribution in [0.5, 0.6) is 11.5 Å². The fraction of sp³-hybridized carbons (Fsp3) is 0.312. The molecule has 7 nitrogen and oxygen atoms in total. The number of halogens is 1. The predicted molar refractivity (Wildman–Crippen MR) is 96.4 cm³/mol. The Bertz CT molecular complexity index is 765. The van der Waals surface area contributed by atoms with Crippen molar-refractivity contribution in [3.63, 3.8) is 0 Å². The summed E-state index contributed by atoms with van der Waals surface area (Å²) in [4.78, 5) is 26.7. The molecule has 1 aromatic carbocycles. The van der Waals surface area contributed by atoms with Gasteiger partial charge in [-0.15, -0.1) is 0 Å². The third-order valence-electron chi connectivity index (χ3n) is 3.50. The fourth-order valence-electron chi connectivity index (χ4n) is 2.24. The van der Waals surface area contributed by atoms with Crippen LogP contribution in [-0.2, 0) is 14.3 Å². The molecule has 0 radical (unpaired) electrons. The first-order valence-electron chi connectivity index (χ1n) is 7.33. The normalized spacial score (nSPS) is 15.9. The Labute approximate surface area is 155 Å². The molecule has 0 saturated carbocycles. The third kappa shape index (κ3) is 3.85. The van der Waals surface area contributed by atoms with Crippen molar-refractivity contribution in [2.24, 2.45) is 0 Å². The zero-order chi connectivity index (χ0) is 18.7. The lowest BCUT2D eigenvalue weighted by molar-refractivity contribution is -0.140. The van der Waals surface area contributed by atoms with E-state index in [0.29, 0.717) is 12.2 Å². The van der Waals surface area contributed by atoms with Crippen LogP contribution in [0.3, 0.4) is 0 Å². The van der Waals surface area contributed by atoms with Gasteiger partial charge in [0, 0.05) is 7.05 Å². The second-order valence-electron chi connectivity index (χ2n) is 5.12. The first-order valence-corrected chi connectivity index (χ1v) is 8.12. The number of carbonyl (C=O) groups is 2. The monoisotopic (exact) mass is 384 g/mol. The van der Waals surface area contributed by atoms with E-state index in [1.807, 2.05) is 0 Å². The van der Waals surface area contributed by atoms with Crippen LogP contribution in [0.2, 0.25) is 5.02 Å². The van der Waals surface area contributed by atoms with E-state index in [4.69, 9.17) is 28.6 Å². The Morgan fingerprint density at radius 2 is 2.12 bits per heavy atom. The van der Waals surface area contributed by atoms with E-state index in [1.165, 1.54) is 36.1 Å². The SMILES string of the molecule is CCOc1cc(C=C2C(=O)N(C)C(=S)N2CC(=O)OC)cc(Cl)c1O. The molecule has 1 heterocycles. The average molecular weight is 385 g/mol. The molecule has 1 aliphatic rings. The summed E-state index contributed by atoms with van der Waals surface area (Å²) in [5, 5.41) is 10.2. The van der Waals surface area contributed by atoms with Gasteiger partial charge in [-0.3, -0.25) is 14.5 Å². The Morgan fingerprint density at radius 1 is 1.44 bits per heavy atom. The van der Waals surface area contributed by atoms with Crippen LogP contribution >= 0.6 is 23.8 Å². The number of amides is 1. The fourth-order valence-corrected chi connectivity index (χ4v) is 2.71. The van der Waals surface area contributed by atoms with Gasteiger partial charge in [0.25, 0.3) is 5.91 Å². The minimum atomic E-state index is -0.532. The van der Waals surface area contributed by atoms with Crippen LogP contribution in [-0.4, -0.2) is 59.2 Å². The number of hydrogen-bond acceptors (Lipinski definition) is 6. The Hall–Kier alpha value is -2.32. The zero-order valence-electron chi connectivity index (χ0n) is 13.9. The van der Waals surface area contributed by atoms with Gasteiger partial charge < -0.3 is 19.5 Å². The quantitative estimate of drug-likeness (QED) is 0.472. The molecule has 0 aliphatic carbocycles. The van der Waals surface area contributed by atoms with Crippen LogP contribution in [0.4, 0.5) is 0 Å². The summed E-state index contributed by atoms with van der Waals surface area (Å²) in [5.74, 6) is -0.878. The molecule has 0 spiro atoms. The highest BCUT2D eigenvalue weighted by atomic mass is 35.5. The van der Waals surface area contributed by atoms with Gasteiger partial charge in [-0.2, -0.15) is 0 Å². The van der Waals surface area contributed by atoms with Gasteiger partial charge in [-0.1, -0.05) is 11.6 Å². The number of phenolic OH excluding ortho intramolecular Hbond substituents is 1. The number of phenols is 1. The number of rotatable bonds is 5. The van der Waals surface area contributed by atoms with E-state index in [-0.39, 0.29) is 39.8 Å². The summed E-state index contributed by atoms with van der Waals surface area (Å²) in [6.45, 7) is 1.91. The smallest absolute Gasteiger partial charge is 0.325 e. The van der Waals surface area contributed by atoms with Crippen LogP contribution < -0.4 is 4.74 Å². The number of thiocarbonyl (C=S) groups is 1. The molecule has 0 aromatic heterocycles. The Morgan fingerprint density at radius 3 is 2.72 bits per heavy atom. The van der Waals surface area contributed by atoms with E-state index < -0.39 is 5.97 Å². The second kappa shape index (κ2) is 7.71. The molecular formula is C16H17ClN2O5S. The standard InChI is InChI=1S/C16H17ClN2O5S/c1-4-24-12-7-9(5-10(17)14(12)21)6-11-15(22)18(2)16(25)19(11)8-13(20)23-3/h5-7,21H,4,8H2,1-3H3. The van der Waals surface area contributed by atoms with E-state index in [9.17, 15) is 14.7 Å². The summed E-state index contributed by atoms with van der Waals surface area (Å²) in [6.07, 6.45) is 1.52. The topological polar surface area (TPSA) is 79.3 Å². The lowest BCUT2D eigenvalue weighted by Gasteiger charge is -2.17. The number of methoxy groups -OCH3 is 1. The number of hydrogen-bond donors (Lipinski definition) is 1. The van der Waals surface area contributed by atoms with Crippen molar-refractivity contribution in [3.05, 3.63) is 28.4 Å². The van der Waals surface area contributed by atoms with Crippen LogP contribution in [0, 0.1) is 0 Å². The van der Waals surface area contributed by atoms with E-state index in [2.05, 4.69) is 4.74 Å². The summed E-state index contributed by atoms with van der Waals surface area (Å²) < 4.78 is 9.97. The van der Waals surface area contributed by atoms with Crippen molar-refractivity contribution >= 4 is 46.9 Å². The van der Waals surface area contributed by atoms with Crippen LogP contribution in [0.1, 0.15) is 12.5 Å². The van der Waals surface area contributed by atoms with Crippen molar-refractivity contribution in [3.8, 4) is 11.5 Å². The highest BCUT2D eigenvalue weighted by Crippen LogP contribution is 2.36. The summed E-state index contributed by atoms with van der Waals surface area (Å²) in [7, 11) is 2.77. The van der Waals surface area contributed by atoms with Gasteiger partial charge >= 0.3 is 5.97 Å². The molecule has 134 valence electrons. The van der Waals surface area contributed by atoms with Crippen molar-refractivity contribution < 1.29 is 24.2 Å². The molecular weight excluding hydrogens is 368 g/mol. The predicted octanol–water partition coefficient (Wildman–Crippen LogP) is 2.02. The van der Waals surface area contributed by atoms with Gasteiger partial charge in [0.15, 0.2) is 16.6 Å². The van der Waals surface area contributed by atoms with Crippen molar-refractivity contribution in [1.82, 2.24) is 9.80 Å². The highest BCUT2D eigenvalue weighted by molar-refractivity contribution is 7.80. The second-order valence-corrected chi connectivity index (χ2v) is 5.89. The molecule has 1 amide bonds. The first kappa shape index (κ1) is 19.0. The van der Waals surface area contributed by atoms with Gasteiger partial charge in [0.1, 0.15) is 12.2 Å². The highest BCUT2D eigenvalue weighted by Gasteiger charge is 2.36. The Balaban J connectivity index is 2.47. The lowest BCUT2D eigenvalue weighted by atomic mass is 10.1. The van der Waals surface area contributed by atoms with E-state index in [0.717, 1.165) is 0 Å². The number of nitrogens with zero attached hydrogens (tertiary/aromatic N) is 2. The lowest BCUT2D eigenvalue weighted by Crippen LogP contribution is -2.33. The molecule has 1 aliphatic heterocycles. The molecule has 9 heteroatoms. The molecule has 0 atom stereocenters. The zero-order valence-corrected chi connectivity index (χ0v) is 15.5. The Kier molecular flexibility index (Phi) is 5.86. The molecule has 1 saturated heterocycles. The molecule has 0 bridgehead atoms. The number of carbonyl (C=O) groups excluding carboxylic acids is 2. The molecule has 2 rings (SSSR count). The first-order chi connectivity index (χ1) is 11.8. The van der Waals surface area contributed by atoms with Gasteiger partial charge in [0.05, 0.1) is 18.7 Å². The maximum atomic E-state index is 12.4. The van der Waals surface area contributed by atoms with Crippen molar-refractivity contribution in [1.29, 1.82) is 0 Å². The summed E-state index contributed by atoms with van der Waals surface area (Å²) in [5.41, 5.74) is 0.713.